The van der Waals surface area contributed by atoms with Crippen LogP contribution in [0.2, 0.25) is 0 Å². The van der Waals surface area contributed by atoms with Gasteiger partial charge in [0.05, 0.1) is 17.7 Å². The van der Waals surface area contributed by atoms with E-state index < -0.39 is 34.1 Å². The van der Waals surface area contributed by atoms with Crippen LogP contribution in [0.1, 0.15) is 16.7 Å². The Labute approximate surface area is 185 Å². The monoisotopic (exact) mass is 457 g/mol. The number of hydrogen-bond donors (Lipinski definition) is 1. The number of hydrazone groups is 1. The van der Waals surface area contributed by atoms with E-state index in [9.17, 15) is 22.0 Å². The third-order valence-corrected chi connectivity index (χ3v) is 6.39. The molecule has 0 atom stereocenters. The number of carbonyl (C=O) groups excluding carboxylic acids is 1. The number of sulfonamides is 1. The minimum absolute atomic E-state index is 0.0258. The number of nitrogens with one attached hydrogen (secondary N) is 1. The smallest absolute Gasteiger partial charge is 0.255 e. The number of carbonyl (C=O) groups is 1. The molecule has 3 aromatic carbocycles. The van der Waals surface area contributed by atoms with E-state index in [0.717, 1.165) is 16.1 Å². The van der Waals surface area contributed by atoms with E-state index in [2.05, 4.69) is 10.5 Å². The van der Waals surface area contributed by atoms with Gasteiger partial charge in [0.25, 0.3) is 5.91 Å². The molecule has 9 heteroatoms. The van der Waals surface area contributed by atoms with Crippen molar-refractivity contribution < 1.29 is 22.0 Å². The summed E-state index contributed by atoms with van der Waals surface area (Å²) in [5.41, 5.74) is 3.32. The van der Waals surface area contributed by atoms with E-state index in [-0.39, 0.29) is 22.6 Å². The van der Waals surface area contributed by atoms with Gasteiger partial charge in [-0.05, 0) is 31.2 Å². The average molecular weight is 458 g/mol. The molecular formula is C23H21F2N3O3S. The Morgan fingerprint density at radius 1 is 0.969 bits per heavy atom. The van der Waals surface area contributed by atoms with Crippen LogP contribution in [-0.2, 0) is 21.4 Å². The van der Waals surface area contributed by atoms with Gasteiger partial charge in [0.15, 0.2) is 0 Å². The molecule has 6 nitrogen and oxygen atoms in total. The minimum atomic E-state index is -4.12. The molecule has 0 aliphatic rings. The van der Waals surface area contributed by atoms with E-state index in [0.29, 0.717) is 0 Å². The number of benzene rings is 3. The molecule has 0 spiro atoms. The second kappa shape index (κ2) is 10.3. The van der Waals surface area contributed by atoms with Crippen molar-refractivity contribution in [2.75, 3.05) is 6.54 Å². The highest BCUT2D eigenvalue weighted by Crippen LogP contribution is 2.20. The predicted molar refractivity (Wildman–Crippen MR) is 117 cm³/mol. The molecule has 3 aromatic rings. The summed E-state index contributed by atoms with van der Waals surface area (Å²) >= 11 is 0. The van der Waals surface area contributed by atoms with Gasteiger partial charge in [-0.2, -0.15) is 9.41 Å². The van der Waals surface area contributed by atoms with Gasteiger partial charge in [0.2, 0.25) is 10.0 Å². The van der Waals surface area contributed by atoms with Crippen molar-refractivity contribution in [1.82, 2.24) is 9.73 Å². The Morgan fingerprint density at radius 3 is 2.25 bits per heavy atom. The van der Waals surface area contributed by atoms with Crippen molar-refractivity contribution >= 4 is 22.1 Å². The van der Waals surface area contributed by atoms with E-state index in [4.69, 9.17) is 0 Å². The molecule has 32 heavy (non-hydrogen) atoms. The zero-order valence-corrected chi connectivity index (χ0v) is 18.0. The third-order valence-electron chi connectivity index (χ3n) is 4.58. The summed E-state index contributed by atoms with van der Waals surface area (Å²) in [4.78, 5) is 12.4. The average Bonchev–Trinajstić information content (AvgIpc) is 2.76. The van der Waals surface area contributed by atoms with Crippen LogP contribution in [0.25, 0.3) is 0 Å². The first-order valence-corrected chi connectivity index (χ1v) is 11.1. The topological polar surface area (TPSA) is 78.8 Å². The van der Waals surface area contributed by atoms with Crippen molar-refractivity contribution in [3.05, 3.63) is 101 Å². The first-order chi connectivity index (χ1) is 15.3. The molecule has 0 heterocycles. The molecule has 0 aliphatic carbocycles. The SMILES string of the molecule is Cc1ccc(S(=O)(=O)N(CC(=O)NN=Cc2ccccc2F)Cc2ccccc2F)cc1. The number of hydrogen-bond acceptors (Lipinski definition) is 4. The van der Waals surface area contributed by atoms with Crippen molar-refractivity contribution in [2.24, 2.45) is 5.10 Å². The molecule has 0 saturated carbocycles. The normalized spacial score (nSPS) is 11.8. The van der Waals surface area contributed by atoms with Crippen LogP contribution >= 0.6 is 0 Å². The molecule has 0 radical (unpaired) electrons. The van der Waals surface area contributed by atoms with Crippen molar-refractivity contribution in [3.63, 3.8) is 0 Å². The first kappa shape index (κ1) is 23.2. The van der Waals surface area contributed by atoms with Gasteiger partial charge >= 0.3 is 0 Å². The molecule has 1 N–H and O–H groups in total. The van der Waals surface area contributed by atoms with Crippen molar-refractivity contribution in [2.45, 2.75) is 18.4 Å². The summed E-state index contributed by atoms with van der Waals surface area (Å²) in [7, 11) is -4.12. The minimum Gasteiger partial charge on any atom is -0.272 e. The standard InChI is InChI=1S/C23H21F2N3O3S/c1-17-10-12-20(13-11-17)32(30,31)28(15-19-7-3-5-9-22(19)25)16-23(29)27-26-14-18-6-2-4-8-21(18)24/h2-14H,15-16H2,1H3,(H,27,29). The maximum Gasteiger partial charge on any atom is 0.255 e. The summed E-state index contributed by atoms with van der Waals surface area (Å²) in [5, 5.41) is 3.69. The van der Waals surface area contributed by atoms with Gasteiger partial charge < -0.3 is 0 Å². The molecule has 0 bridgehead atoms. The second-order valence-electron chi connectivity index (χ2n) is 6.99. The second-order valence-corrected chi connectivity index (χ2v) is 8.93. The Hall–Kier alpha value is -3.43. The molecular weight excluding hydrogens is 436 g/mol. The number of halogens is 2. The van der Waals surface area contributed by atoms with E-state index in [1.54, 1.807) is 24.3 Å². The fourth-order valence-electron chi connectivity index (χ4n) is 2.85. The third kappa shape index (κ3) is 5.83. The Balaban J connectivity index is 1.82. The van der Waals surface area contributed by atoms with Crippen LogP contribution in [0.4, 0.5) is 8.78 Å². The summed E-state index contributed by atoms with van der Waals surface area (Å²) in [6.07, 6.45) is 1.11. The number of amides is 1. The van der Waals surface area contributed by atoms with Crippen LogP contribution < -0.4 is 5.43 Å². The molecule has 1 amide bonds. The van der Waals surface area contributed by atoms with Crippen LogP contribution in [0.5, 0.6) is 0 Å². The zero-order valence-electron chi connectivity index (χ0n) is 17.2. The van der Waals surface area contributed by atoms with Crippen molar-refractivity contribution in [1.29, 1.82) is 0 Å². The molecule has 166 valence electrons. The number of aryl methyl sites for hydroxylation is 1. The number of rotatable bonds is 8. The van der Waals surface area contributed by atoms with E-state index in [1.807, 2.05) is 6.92 Å². The largest absolute Gasteiger partial charge is 0.272 e. The Bertz CT molecular complexity index is 1230. The fourth-order valence-corrected chi connectivity index (χ4v) is 4.23. The highest BCUT2D eigenvalue weighted by Gasteiger charge is 2.27. The van der Waals surface area contributed by atoms with E-state index in [1.165, 1.54) is 48.5 Å². The summed E-state index contributed by atoms with van der Waals surface area (Å²) in [6, 6.07) is 17.7. The predicted octanol–water partition coefficient (Wildman–Crippen LogP) is 3.61. The molecule has 0 aromatic heterocycles. The maximum atomic E-state index is 14.2. The molecule has 0 unspecified atom stereocenters. The molecule has 0 aliphatic heterocycles. The van der Waals surface area contributed by atoms with Gasteiger partial charge in [0.1, 0.15) is 11.6 Å². The highest BCUT2D eigenvalue weighted by atomic mass is 32.2. The van der Waals surface area contributed by atoms with Crippen LogP contribution in [0.15, 0.2) is 82.8 Å². The lowest BCUT2D eigenvalue weighted by Crippen LogP contribution is -2.39. The summed E-state index contributed by atoms with van der Waals surface area (Å²) < 4.78 is 55.0. The van der Waals surface area contributed by atoms with Crippen LogP contribution in [-0.4, -0.2) is 31.4 Å². The molecule has 0 saturated heterocycles. The van der Waals surface area contributed by atoms with E-state index >= 15 is 0 Å². The van der Waals surface area contributed by atoms with Crippen molar-refractivity contribution in [3.8, 4) is 0 Å². The van der Waals surface area contributed by atoms with Crippen LogP contribution in [0, 0.1) is 18.6 Å². The van der Waals surface area contributed by atoms with Gasteiger partial charge in [-0.3, -0.25) is 4.79 Å². The van der Waals surface area contributed by atoms with Gasteiger partial charge in [-0.1, -0.05) is 54.1 Å². The Kier molecular flexibility index (Phi) is 7.45. The van der Waals surface area contributed by atoms with Crippen LogP contribution in [0.3, 0.4) is 0 Å². The fraction of sp³-hybridized carbons (Fsp3) is 0.130. The quantitative estimate of drug-likeness (QED) is 0.415. The Morgan fingerprint density at radius 2 is 1.59 bits per heavy atom. The lowest BCUT2D eigenvalue weighted by molar-refractivity contribution is -0.121. The molecule has 0 fully saturated rings. The van der Waals surface area contributed by atoms with Gasteiger partial charge in [0, 0.05) is 17.7 Å². The lowest BCUT2D eigenvalue weighted by atomic mass is 10.2. The maximum absolute atomic E-state index is 14.2. The summed E-state index contributed by atoms with van der Waals surface area (Å²) in [6.45, 7) is 0.848. The zero-order chi connectivity index (χ0) is 23.1. The summed E-state index contributed by atoms with van der Waals surface area (Å²) in [5.74, 6) is -1.87. The first-order valence-electron chi connectivity index (χ1n) is 9.64. The lowest BCUT2D eigenvalue weighted by Gasteiger charge is -2.22. The highest BCUT2D eigenvalue weighted by molar-refractivity contribution is 7.89. The van der Waals surface area contributed by atoms with Gasteiger partial charge in [-0.25, -0.2) is 22.6 Å². The van der Waals surface area contributed by atoms with Gasteiger partial charge in [-0.15, -0.1) is 0 Å². The molecule has 3 rings (SSSR count). The number of nitrogens with zero attached hydrogens (tertiary/aromatic N) is 2.